The number of esters is 1. The van der Waals surface area contributed by atoms with Crippen molar-refractivity contribution in [2.24, 2.45) is 0 Å². The van der Waals surface area contributed by atoms with Crippen LogP contribution in [0.5, 0.6) is 23.0 Å². The Bertz CT molecular complexity index is 833. The topological polar surface area (TPSA) is 98.4 Å². The van der Waals surface area contributed by atoms with Crippen molar-refractivity contribution in [3.63, 3.8) is 0 Å². The number of rotatable bonds is 5. The average Bonchev–Trinajstić information content (AvgIpc) is 3.18. The lowest BCUT2D eigenvalue weighted by Crippen LogP contribution is -2.24. The van der Waals surface area contributed by atoms with Gasteiger partial charge in [-0.15, -0.1) is 0 Å². The molecular formula is C18H19NO7. The Balaban J connectivity index is 2.15. The number of carbonyl (C=O) groups is 2. The normalized spacial score (nSPS) is 13.8. The van der Waals surface area contributed by atoms with Gasteiger partial charge in [0.05, 0.1) is 14.2 Å². The maximum absolute atomic E-state index is 12.1. The number of ether oxygens (including phenoxy) is 3. The minimum atomic E-state index is -0.635. The summed E-state index contributed by atoms with van der Waals surface area (Å²) < 4.78 is 21.3. The van der Waals surface area contributed by atoms with Gasteiger partial charge in [0.1, 0.15) is 11.5 Å². The molecule has 1 aromatic heterocycles. The molecule has 0 atom stereocenters. The summed E-state index contributed by atoms with van der Waals surface area (Å²) in [5.74, 6) is -0.309. The van der Waals surface area contributed by atoms with E-state index in [0.29, 0.717) is 36.4 Å². The number of anilines is 1. The largest absolute Gasteiger partial charge is 0.502 e. The van der Waals surface area contributed by atoms with Crippen LogP contribution in [0.1, 0.15) is 19.8 Å². The molecule has 2 heterocycles. The van der Waals surface area contributed by atoms with Gasteiger partial charge in [-0.05, 0) is 18.6 Å². The molecule has 1 saturated heterocycles. The third-order valence-electron chi connectivity index (χ3n) is 4.00. The second kappa shape index (κ2) is 6.99. The molecular weight excluding hydrogens is 342 g/mol. The summed E-state index contributed by atoms with van der Waals surface area (Å²) in [7, 11) is 3.00. The molecule has 2 aromatic rings. The number of benzene rings is 1. The van der Waals surface area contributed by atoms with E-state index in [1.165, 1.54) is 26.0 Å². The van der Waals surface area contributed by atoms with Gasteiger partial charge in [0, 0.05) is 31.5 Å². The van der Waals surface area contributed by atoms with Crippen molar-refractivity contribution < 1.29 is 33.3 Å². The number of hydrogen-bond acceptors (Lipinski definition) is 7. The quantitative estimate of drug-likeness (QED) is 0.818. The lowest BCUT2D eigenvalue weighted by atomic mass is 10.1. The second-order valence-electron chi connectivity index (χ2n) is 5.76. The minimum absolute atomic E-state index is 0.0111. The van der Waals surface area contributed by atoms with Crippen molar-refractivity contribution >= 4 is 17.8 Å². The first-order valence-electron chi connectivity index (χ1n) is 8.02. The van der Waals surface area contributed by atoms with E-state index in [0.717, 1.165) is 0 Å². The first-order chi connectivity index (χ1) is 12.4. The molecule has 1 aliphatic rings. The molecule has 1 fully saturated rings. The molecule has 3 rings (SSSR count). The average molecular weight is 361 g/mol. The van der Waals surface area contributed by atoms with Crippen molar-refractivity contribution in [1.29, 1.82) is 0 Å². The predicted octanol–water partition coefficient (Wildman–Crippen LogP) is 2.72. The summed E-state index contributed by atoms with van der Waals surface area (Å²) in [6, 6.07) is 4.93. The van der Waals surface area contributed by atoms with E-state index in [1.807, 2.05) is 0 Å². The number of methoxy groups -OCH3 is 2. The van der Waals surface area contributed by atoms with E-state index < -0.39 is 5.97 Å². The molecule has 1 N–H and O–H groups in total. The molecule has 8 nitrogen and oxygen atoms in total. The smallest absolute Gasteiger partial charge is 0.308 e. The summed E-state index contributed by atoms with van der Waals surface area (Å²) in [4.78, 5) is 24.9. The van der Waals surface area contributed by atoms with Crippen molar-refractivity contribution in [3.05, 3.63) is 18.2 Å². The van der Waals surface area contributed by atoms with Crippen molar-refractivity contribution in [3.8, 4) is 34.3 Å². The summed E-state index contributed by atoms with van der Waals surface area (Å²) >= 11 is 0. The van der Waals surface area contributed by atoms with Crippen LogP contribution < -0.4 is 19.1 Å². The van der Waals surface area contributed by atoms with Crippen LogP contribution in [0.15, 0.2) is 22.6 Å². The number of hydrogen-bond donors (Lipinski definition) is 1. The highest BCUT2D eigenvalue weighted by Gasteiger charge is 2.33. The number of furan rings is 1. The molecule has 0 unspecified atom stereocenters. The van der Waals surface area contributed by atoms with Gasteiger partial charge < -0.3 is 23.7 Å². The van der Waals surface area contributed by atoms with Gasteiger partial charge in [0.25, 0.3) is 5.88 Å². The van der Waals surface area contributed by atoms with Crippen molar-refractivity contribution in [2.75, 3.05) is 25.7 Å². The van der Waals surface area contributed by atoms with Gasteiger partial charge in [0.2, 0.25) is 17.4 Å². The van der Waals surface area contributed by atoms with Gasteiger partial charge in [-0.25, -0.2) is 0 Å². The molecule has 1 aliphatic heterocycles. The summed E-state index contributed by atoms with van der Waals surface area (Å²) in [6.45, 7) is 1.62. The molecule has 0 spiro atoms. The van der Waals surface area contributed by atoms with Crippen molar-refractivity contribution in [1.82, 2.24) is 0 Å². The first kappa shape index (κ1) is 17.7. The predicted molar refractivity (Wildman–Crippen MR) is 91.8 cm³/mol. The summed E-state index contributed by atoms with van der Waals surface area (Å²) in [5, 5.41) is 10.6. The minimum Gasteiger partial charge on any atom is -0.502 e. The highest BCUT2D eigenvalue weighted by molar-refractivity contribution is 5.97. The molecule has 0 saturated carbocycles. The SMILES string of the molecule is COc1cc(OC)cc(-c2oc(N3CCCC3=O)c(OC(C)=O)c2O)c1. The van der Waals surface area contributed by atoms with Gasteiger partial charge >= 0.3 is 5.97 Å². The highest BCUT2D eigenvalue weighted by Crippen LogP contribution is 2.49. The Morgan fingerprint density at radius 2 is 1.85 bits per heavy atom. The summed E-state index contributed by atoms with van der Waals surface area (Å²) in [6.07, 6.45) is 1.02. The highest BCUT2D eigenvalue weighted by atomic mass is 16.6. The van der Waals surface area contributed by atoms with E-state index in [-0.39, 0.29) is 29.1 Å². The molecule has 0 bridgehead atoms. The lowest BCUT2D eigenvalue weighted by Gasteiger charge is -2.13. The maximum atomic E-state index is 12.1. The molecule has 1 amide bonds. The summed E-state index contributed by atoms with van der Waals surface area (Å²) in [5.41, 5.74) is 0.449. The standard InChI is InChI=1S/C18H19NO7/c1-10(20)25-17-15(22)16(26-18(17)19-6-4-5-14(19)21)11-7-12(23-2)9-13(8-11)24-3/h7-9,22H,4-6H2,1-3H3. The Kier molecular flexibility index (Phi) is 4.75. The number of nitrogens with zero attached hydrogens (tertiary/aromatic N) is 1. The monoisotopic (exact) mass is 361 g/mol. The fourth-order valence-electron chi connectivity index (χ4n) is 2.81. The zero-order valence-electron chi connectivity index (χ0n) is 14.7. The maximum Gasteiger partial charge on any atom is 0.308 e. The Labute approximate surface area is 149 Å². The fraction of sp³-hybridized carbons (Fsp3) is 0.333. The molecule has 8 heteroatoms. The first-order valence-corrected chi connectivity index (χ1v) is 8.02. The van der Waals surface area contributed by atoms with Crippen LogP contribution >= 0.6 is 0 Å². The van der Waals surface area contributed by atoms with E-state index in [4.69, 9.17) is 18.6 Å². The van der Waals surface area contributed by atoms with Crippen LogP contribution in [0.4, 0.5) is 5.88 Å². The molecule has 138 valence electrons. The Morgan fingerprint density at radius 1 is 1.19 bits per heavy atom. The van der Waals surface area contributed by atoms with E-state index in [1.54, 1.807) is 18.2 Å². The zero-order valence-corrected chi connectivity index (χ0v) is 14.7. The van der Waals surface area contributed by atoms with Crippen LogP contribution in [-0.2, 0) is 9.59 Å². The molecule has 1 aromatic carbocycles. The lowest BCUT2D eigenvalue weighted by molar-refractivity contribution is -0.132. The van der Waals surface area contributed by atoms with Crippen LogP contribution in [-0.4, -0.2) is 37.7 Å². The van der Waals surface area contributed by atoms with Gasteiger partial charge in [0.15, 0.2) is 5.76 Å². The number of carbonyl (C=O) groups excluding carboxylic acids is 2. The van der Waals surface area contributed by atoms with Gasteiger partial charge in [-0.2, -0.15) is 0 Å². The van der Waals surface area contributed by atoms with Crippen LogP contribution in [0.25, 0.3) is 11.3 Å². The Hall–Kier alpha value is -3.16. The molecule has 0 radical (unpaired) electrons. The number of aromatic hydroxyl groups is 1. The molecule has 26 heavy (non-hydrogen) atoms. The van der Waals surface area contributed by atoms with E-state index >= 15 is 0 Å². The fourth-order valence-corrected chi connectivity index (χ4v) is 2.81. The number of amides is 1. The van der Waals surface area contributed by atoms with Gasteiger partial charge in [-0.1, -0.05) is 0 Å². The zero-order chi connectivity index (χ0) is 18.8. The van der Waals surface area contributed by atoms with Gasteiger partial charge in [-0.3, -0.25) is 14.5 Å². The van der Waals surface area contributed by atoms with E-state index in [9.17, 15) is 14.7 Å². The molecule has 0 aliphatic carbocycles. The van der Waals surface area contributed by atoms with Crippen LogP contribution in [0, 0.1) is 0 Å². The Morgan fingerprint density at radius 3 is 2.35 bits per heavy atom. The van der Waals surface area contributed by atoms with Crippen LogP contribution in [0.2, 0.25) is 0 Å². The van der Waals surface area contributed by atoms with Crippen molar-refractivity contribution in [2.45, 2.75) is 19.8 Å². The van der Waals surface area contributed by atoms with E-state index in [2.05, 4.69) is 0 Å². The van der Waals surface area contributed by atoms with Crippen LogP contribution in [0.3, 0.4) is 0 Å². The third kappa shape index (κ3) is 3.17. The third-order valence-corrected chi connectivity index (χ3v) is 4.00. The second-order valence-corrected chi connectivity index (χ2v) is 5.76.